The van der Waals surface area contributed by atoms with Crippen LogP contribution in [0, 0.1) is 5.41 Å². The van der Waals surface area contributed by atoms with Gasteiger partial charge in [0.2, 0.25) is 16.0 Å². The van der Waals surface area contributed by atoms with Gasteiger partial charge in [0.1, 0.15) is 6.21 Å². The van der Waals surface area contributed by atoms with Crippen LogP contribution in [0.15, 0.2) is 4.40 Å². The highest BCUT2D eigenvalue weighted by molar-refractivity contribution is 8.09. The molecule has 0 aromatic carbocycles. The van der Waals surface area contributed by atoms with Gasteiger partial charge in [-0.15, -0.1) is 0 Å². The van der Waals surface area contributed by atoms with Gasteiger partial charge in [-0.05, 0) is 0 Å². The van der Waals surface area contributed by atoms with Gasteiger partial charge in [0, 0.05) is 0 Å². The molecule has 0 aliphatic carbocycles. The van der Waals surface area contributed by atoms with Gasteiger partial charge >= 0.3 is 11.9 Å². The van der Waals surface area contributed by atoms with E-state index < -0.39 is 22.9 Å². The SMILES string of the molecule is N=CC(=O)OOC(=O)C1=NS1=O. The predicted octanol–water partition coefficient (Wildman–Crippen LogP) is -1.29. The number of rotatable bonds is 2. The van der Waals surface area contributed by atoms with Crippen LogP contribution >= 0.6 is 0 Å². The molecular weight excluding hydrogens is 188 g/mol. The zero-order chi connectivity index (χ0) is 9.14. The van der Waals surface area contributed by atoms with E-state index in [-0.39, 0.29) is 5.04 Å². The summed E-state index contributed by atoms with van der Waals surface area (Å²) in [7, 11) is -1.63. The molecule has 0 aromatic heterocycles. The van der Waals surface area contributed by atoms with E-state index in [1.165, 1.54) is 0 Å². The number of hydrogen-bond donors (Lipinski definition) is 1. The average molecular weight is 190 g/mol. The van der Waals surface area contributed by atoms with Crippen LogP contribution < -0.4 is 0 Å². The molecule has 7 nitrogen and oxygen atoms in total. The molecule has 64 valence electrons. The van der Waals surface area contributed by atoms with Crippen molar-refractivity contribution in [3.63, 3.8) is 0 Å². The maximum Gasteiger partial charge on any atom is 0.416 e. The maximum absolute atomic E-state index is 10.5. The molecule has 0 saturated heterocycles. The first-order valence-electron chi connectivity index (χ1n) is 2.59. The molecule has 0 aromatic rings. The molecular formula is C4H2N2O5S. The zero-order valence-electron chi connectivity index (χ0n) is 5.47. The van der Waals surface area contributed by atoms with Crippen molar-refractivity contribution in [3.8, 4) is 0 Å². The average Bonchev–Trinajstić information content (AvgIpc) is 2.77. The van der Waals surface area contributed by atoms with E-state index in [1.54, 1.807) is 0 Å². The lowest BCUT2D eigenvalue weighted by atomic mass is 10.8. The smallest absolute Gasteiger partial charge is 0.301 e. The monoisotopic (exact) mass is 190 g/mol. The van der Waals surface area contributed by atoms with Gasteiger partial charge in [-0.3, -0.25) is 0 Å². The molecule has 0 radical (unpaired) electrons. The molecule has 0 spiro atoms. The highest BCUT2D eigenvalue weighted by Crippen LogP contribution is 2.08. The van der Waals surface area contributed by atoms with E-state index in [1.807, 2.05) is 0 Å². The van der Waals surface area contributed by atoms with Gasteiger partial charge in [-0.1, -0.05) is 0 Å². The fourth-order valence-electron chi connectivity index (χ4n) is 0.304. The second-order valence-corrected chi connectivity index (χ2v) is 2.63. The number of carbonyl (C=O) groups excluding carboxylic acids is 2. The van der Waals surface area contributed by atoms with Gasteiger partial charge in [0.15, 0.2) is 0 Å². The topological polar surface area (TPSA) is 106 Å². The summed E-state index contributed by atoms with van der Waals surface area (Å²) in [5.41, 5.74) is 0. The maximum atomic E-state index is 10.5. The Bertz CT molecular complexity index is 309. The van der Waals surface area contributed by atoms with Gasteiger partial charge in [0.25, 0.3) is 0 Å². The van der Waals surface area contributed by atoms with E-state index in [2.05, 4.69) is 14.2 Å². The summed E-state index contributed by atoms with van der Waals surface area (Å²) < 4.78 is 13.4. The normalized spacial score (nSPS) is 19.0. The second kappa shape index (κ2) is 3.22. The Morgan fingerprint density at radius 3 is 2.50 bits per heavy atom. The molecule has 1 N–H and O–H groups in total. The van der Waals surface area contributed by atoms with Gasteiger partial charge < -0.3 is 5.41 Å². The first kappa shape index (κ1) is 8.53. The lowest BCUT2D eigenvalue weighted by Gasteiger charge is -1.93. The Labute approximate surface area is 68.4 Å². The Morgan fingerprint density at radius 2 is 2.08 bits per heavy atom. The van der Waals surface area contributed by atoms with Crippen LogP contribution in [-0.2, 0) is 30.3 Å². The lowest BCUT2D eigenvalue weighted by Crippen LogP contribution is -2.15. The number of nitrogens with zero attached hydrogens (tertiary/aromatic N) is 1. The van der Waals surface area contributed by atoms with Crippen LogP contribution in [0.3, 0.4) is 0 Å². The summed E-state index contributed by atoms with van der Waals surface area (Å²) in [5.74, 6) is -2.21. The van der Waals surface area contributed by atoms with Crippen LogP contribution in [0.2, 0.25) is 0 Å². The van der Waals surface area contributed by atoms with Crippen molar-refractivity contribution in [1.29, 1.82) is 5.41 Å². The molecule has 0 fully saturated rings. The van der Waals surface area contributed by atoms with E-state index >= 15 is 0 Å². The fraction of sp³-hybridized carbons (Fsp3) is 0. The van der Waals surface area contributed by atoms with Crippen molar-refractivity contribution >= 4 is 34.2 Å². The predicted molar refractivity (Wildman–Crippen MR) is 36.5 cm³/mol. The highest BCUT2D eigenvalue weighted by atomic mass is 32.2. The highest BCUT2D eigenvalue weighted by Gasteiger charge is 2.34. The minimum Gasteiger partial charge on any atom is -0.301 e. The Balaban J connectivity index is 2.28. The van der Waals surface area contributed by atoms with E-state index in [0.29, 0.717) is 6.21 Å². The van der Waals surface area contributed by atoms with Crippen LogP contribution in [0.1, 0.15) is 0 Å². The summed E-state index contributed by atoms with van der Waals surface area (Å²) >= 11 is 0. The molecule has 1 aliphatic heterocycles. The minimum absolute atomic E-state index is 0.284. The van der Waals surface area contributed by atoms with Crippen molar-refractivity contribution < 1.29 is 23.6 Å². The summed E-state index contributed by atoms with van der Waals surface area (Å²) in [5, 5.41) is 6.05. The molecule has 0 amide bonds. The zero-order valence-corrected chi connectivity index (χ0v) is 6.29. The summed E-state index contributed by atoms with van der Waals surface area (Å²) in [6.07, 6.45) is 0.318. The number of nitrogens with one attached hydrogen (secondary N) is 1. The van der Waals surface area contributed by atoms with Crippen LogP contribution in [-0.4, -0.2) is 27.4 Å². The van der Waals surface area contributed by atoms with E-state index in [9.17, 15) is 13.8 Å². The number of carbonyl (C=O) groups is 2. The molecule has 1 rings (SSSR count). The number of hydrogen-bond acceptors (Lipinski definition) is 6. The van der Waals surface area contributed by atoms with Crippen LogP contribution in [0.5, 0.6) is 0 Å². The molecule has 1 unspecified atom stereocenters. The quantitative estimate of drug-likeness (QED) is 0.331. The van der Waals surface area contributed by atoms with Crippen molar-refractivity contribution in [2.45, 2.75) is 0 Å². The van der Waals surface area contributed by atoms with E-state index in [0.717, 1.165) is 0 Å². The molecule has 0 saturated carbocycles. The Morgan fingerprint density at radius 1 is 1.50 bits per heavy atom. The molecule has 1 heterocycles. The molecule has 12 heavy (non-hydrogen) atoms. The van der Waals surface area contributed by atoms with Crippen molar-refractivity contribution in [2.24, 2.45) is 4.40 Å². The largest absolute Gasteiger partial charge is 0.416 e. The molecule has 8 heteroatoms. The van der Waals surface area contributed by atoms with E-state index in [4.69, 9.17) is 5.41 Å². The molecule has 1 atom stereocenters. The van der Waals surface area contributed by atoms with Crippen molar-refractivity contribution in [2.75, 3.05) is 0 Å². The second-order valence-electron chi connectivity index (χ2n) is 1.56. The molecule has 0 bridgehead atoms. The molecule has 1 aliphatic rings. The summed E-state index contributed by atoms with van der Waals surface area (Å²) in [6, 6.07) is 0. The van der Waals surface area contributed by atoms with Gasteiger partial charge in [0.05, 0.1) is 0 Å². The Kier molecular flexibility index (Phi) is 2.29. The Hall–Kier alpha value is -1.57. The fourth-order valence-corrected chi connectivity index (χ4v) is 0.760. The van der Waals surface area contributed by atoms with Gasteiger partial charge in [-0.2, -0.15) is 4.40 Å². The van der Waals surface area contributed by atoms with Crippen LogP contribution in [0.25, 0.3) is 0 Å². The third-order valence-corrected chi connectivity index (χ3v) is 1.55. The van der Waals surface area contributed by atoms with Gasteiger partial charge in [-0.25, -0.2) is 23.6 Å². The standard InChI is InChI=1S/C4H2N2O5S/c5-1-2(7)10-11-4(8)3-6-12(3)9/h1,5H. The minimum atomic E-state index is -1.63. The van der Waals surface area contributed by atoms with Crippen molar-refractivity contribution in [1.82, 2.24) is 0 Å². The lowest BCUT2D eigenvalue weighted by molar-refractivity contribution is -0.246. The van der Waals surface area contributed by atoms with Crippen molar-refractivity contribution in [3.05, 3.63) is 0 Å². The summed E-state index contributed by atoms with van der Waals surface area (Å²) in [4.78, 5) is 28.3. The third kappa shape index (κ3) is 1.95. The first-order chi connectivity index (χ1) is 5.65. The van der Waals surface area contributed by atoms with Crippen LogP contribution in [0.4, 0.5) is 0 Å². The third-order valence-electron chi connectivity index (χ3n) is 0.791. The first-order valence-corrected chi connectivity index (χ1v) is 3.69. The summed E-state index contributed by atoms with van der Waals surface area (Å²) in [6.45, 7) is 0.